The van der Waals surface area contributed by atoms with Crippen LogP contribution in [0.3, 0.4) is 0 Å². The van der Waals surface area contributed by atoms with Crippen molar-refractivity contribution in [3.05, 3.63) is 74.2 Å². The molecule has 0 saturated heterocycles. The van der Waals surface area contributed by atoms with Gasteiger partial charge in [0.15, 0.2) is 0 Å². The third-order valence-corrected chi connectivity index (χ3v) is 4.44. The summed E-state index contributed by atoms with van der Waals surface area (Å²) in [5.74, 6) is 0. The summed E-state index contributed by atoms with van der Waals surface area (Å²) in [5, 5.41) is 5.49. The topological polar surface area (TPSA) is 23.8 Å². The quantitative estimate of drug-likeness (QED) is 0.217. The van der Waals surface area contributed by atoms with E-state index in [0.717, 1.165) is 0 Å². The maximum Gasteiger partial charge on any atom is 4.00 e. The predicted molar refractivity (Wildman–Crippen MR) is 146 cm³/mol. The third kappa shape index (κ3) is 10.8. The second-order valence-corrected chi connectivity index (χ2v) is 10.5. The van der Waals surface area contributed by atoms with Gasteiger partial charge in [0.25, 0.3) is 0 Å². The molecule has 0 amide bonds. The Bertz CT molecular complexity index is 833. The van der Waals surface area contributed by atoms with E-state index in [0.29, 0.717) is 0 Å². The number of hydrogen-bond donors (Lipinski definition) is 0. The van der Waals surface area contributed by atoms with Crippen molar-refractivity contribution in [3.8, 4) is 0 Å². The van der Waals surface area contributed by atoms with Crippen LogP contribution in [0.25, 0.3) is 27.3 Å². The molecule has 0 aliphatic carbocycles. The van der Waals surface area contributed by atoms with Crippen LogP contribution in [0.2, 0.25) is 0 Å². The average molecular weight is 500 g/mol. The van der Waals surface area contributed by atoms with Gasteiger partial charge in [-0.1, -0.05) is 97.7 Å². The summed E-state index contributed by atoms with van der Waals surface area (Å²) in [6, 6.07) is 16.1. The Labute approximate surface area is 220 Å². The molecule has 1 nitrogen and oxygen atoms in total. The zero-order valence-electron chi connectivity index (χ0n) is 21.4. The van der Waals surface area contributed by atoms with Crippen LogP contribution in [-0.4, -0.2) is 5.54 Å². The predicted octanol–water partition coefficient (Wildman–Crippen LogP) is 9.89. The van der Waals surface area contributed by atoms with Gasteiger partial charge in [0.05, 0.1) is 0 Å². The molecule has 3 aromatic rings. The van der Waals surface area contributed by atoms with Gasteiger partial charge in [0, 0.05) is 0 Å². The first-order chi connectivity index (χ1) is 11.7. The van der Waals surface area contributed by atoms with Crippen LogP contribution in [0.4, 0.5) is 0 Å². The average Bonchev–Trinajstić information content (AvgIpc) is 2.80. The molecular formula is C27H43Cl2NTi. The van der Waals surface area contributed by atoms with E-state index in [4.69, 9.17) is 5.73 Å². The van der Waals surface area contributed by atoms with E-state index >= 15 is 0 Å². The second kappa shape index (κ2) is 13.3. The Morgan fingerprint density at radius 1 is 0.613 bits per heavy atom. The molecule has 0 saturated carbocycles. The number of halogens is 2. The van der Waals surface area contributed by atoms with E-state index in [1.165, 1.54) is 32.7 Å². The standard InChI is InChI=1S/C21H25.C4H10N.2CH3.2ClH.Ti/c1-20(2,3)16-9-7-14-11-15-8-10-17(21(4,5)6)13-19(15)18(14)12-16;1-4(2,3)5;;;;;/h7-13H,1-6H3;5H,1-3H3;2*1H3;2*1H;/q4*-1;;;+4. The van der Waals surface area contributed by atoms with Crippen LogP contribution in [0.15, 0.2) is 42.5 Å². The van der Waals surface area contributed by atoms with Crippen LogP contribution >= 0.6 is 24.8 Å². The largest absolute Gasteiger partial charge is 4.00 e. The van der Waals surface area contributed by atoms with E-state index in [9.17, 15) is 0 Å². The van der Waals surface area contributed by atoms with Gasteiger partial charge >= 0.3 is 21.7 Å². The van der Waals surface area contributed by atoms with Gasteiger partial charge in [-0.2, -0.15) is 0 Å². The maximum atomic E-state index is 6.94. The normalized spacial score (nSPS) is 10.9. The van der Waals surface area contributed by atoms with Crippen molar-refractivity contribution in [1.82, 2.24) is 0 Å². The molecule has 0 spiro atoms. The molecule has 0 aliphatic rings. The number of nitrogens with one attached hydrogen (secondary N) is 1. The molecule has 0 unspecified atom stereocenters. The zero-order chi connectivity index (χ0) is 19.9. The molecule has 3 aromatic carbocycles. The van der Waals surface area contributed by atoms with E-state index in [-0.39, 0.29) is 77.8 Å². The van der Waals surface area contributed by atoms with Crippen molar-refractivity contribution < 1.29 is 21.7 Å². The van der Waals surface area contributed by atoms with Gasteiger partial charge in [-0.25, -0.2) is 0 Å². The number of fused-ring (bicyclic) bond motifs is 3. The molecule has 174 valence electrons. The van der Waals surface area contributed by atoms with E-state index in [1.807, 2.05) is 20.8 Å². The molecule has 4 heteroatoms. The van der Waals surface area contributed by atoms with E-state index in [1.54, 1.807) is 0 Å². The first-order valence-electron chi connectivity index (χ1n) is 9.55. The van der Waals surface area contributed by atoms with E-state index in [2.05, 4.69) is 84.0 Å². The second-order valence-electron chi connectivity index (χ2n) is 10.5. The Balaban J connectivity index is -0.000000331. The summed E-state index contributed by atoms with van der Waals surface area (Å²) in [6.07, 6.45) is 0. The number of benzene rings is 2. The minimum atomic E-state index is -0.250. The van der Waals surface area contributed by atoms with Crippen molar-refractivity contribution in [3.63, 3.8) is 0 Å². The summed E-state index contributed by atoms with van der Waals surface area (Å²) < 4.78 is 0. The van der Waals surface area contributed by atoms with Gasteiger partial charge < -0.3 is 20.6 Å². The van der Waals surface area contributed by atoms with Crippen LogP contribution < -0.4 is 0 Å². The molecule has 0 fully saturated rings. The Kier molecular flexibility index (Phi) is 16.3. The Morgan fingerprint density at radius 3 is 1.10 bits per heavy atom. The summed E-state index contributed by atoms with van der Waals surface area (Å²) in [5.41, 5.74) is 9.89. The monoisotopic (exact) mass is 499 g/mol. The molecule has 0 aromatic heterocycles. The van der Waals surface area contributed by atoms with E-state index < -0.39 is 0 Å². The van der Waals surface area contributed by atoms with Crippen LogP contribution in [0, 0.1) is 14.9 Å². The van der Waals surface area contributed by atoms with Crippen molar-refractivity contribution in [2.24, 2.45) is 0 Å². The fourth-order valence-corrected chi connectivity index (χ4v) is 2.93. The van der Waals surface area contributed by atoms with Gasteiger partial charge in [-0.05, 0) is 10.8 Å². The Hall–Kier alpha value is -0.436. The summed E-state index contributed by atoms with van der Waals surface area (Å²) in [6.45, 7) is 19.2. The molecule has 1 N–H and O–H groups in total. The number of hydrogen-bond acceptors (Lipinski definition) is 0. The molecule has 0 radical (unpaired) electrons. The Morgan fingerprint density at radius 2 is 0.871 bits per heavy atom. The SMILES string of the molecule is CC(C)(C)[NH-].CC(C)(C)c1ccc2[cH-]c3ccc(C(C)(C)C)cc3c2c1.Cl.Cl.[CH3-].[CH3-].[Ti+4]. The number of rotatable bonds is 0. The minimum absolute atomic E-state index is 0. The minimum Gasteiger partial charge on any atom is -0.673 e. The molecule has 31 heavy (non-hydrogen) atoms. The smallest absolute Gasteiger partial charge is 0.673 e. The fourth-order valence-electron chi connectivity index (χ4n) is 2.93. The summed E-state index contributed by atoms with van der Waals surface area (Å²) in [4.78, 5) is 0. The van der Waals surface area contributed by atoms with Crippen LogP contribution in [0.1, 0.15) is 73.4 Å². The van der Waals surface area contributed by atoms with Crippen LogP contribution in [0.5, 0.6) is 0 Å². The van der Waals surface area contributed by atoms with Gasteiger partial charge in [-0.3, -0.25) is 0 Å². The molecule has 0 heterocycles. The first kappa shape index (κ1) is 37.9. The van der Waals surface area contributed by atoms with Gasteiger partial charge in [0.2, 0.25) is 0 Å². The maximum absolute atomic E-state index is 6.94. The summed E-state index contributed by atoms with van der Waals surface area (Å²) >= 11 is 0. The third-order valence-electron chi connectivity index (χ3n) is 4.44. The first-order valence-corrected chi connectivity index (χ1v) is 9.55. The van der Waals surface area contributed by atoms with Crippen LogP contribution in [-0.2, 0) is 32.5 Å². The zero-order valence-corrected chi connectivity index (χ0v) is 24.6. The van der Waals surface area contributed by atoms with Crippen molar-refractivity contribution >= 4 is 46.4 Å². The fraction of sp³-hybridized carbons (Fsp3) is 0.444. The van der Waals surface area contributed by atoms with Crippen molar-refractivity contribution in [2.75, 3.05) is 0 Å². The molecule has 3 rings (SSSR count). The molecule has 0 aliphatic heterocycles. The molecular weight excluding hydrogens is 457 g/mol. The van der Waals surface area contributed by atoms with Gasteiger partial charge in [-0.15, -0.1) is 70.1 Å². The molecule has 0 bridgehead atoms. The van der Waals surface area contributed by atoms with Crippen molar-refractivity contribution in [2.45, 2.75) is 78.7 Å². The summed E-state index contributed by atoms with van der Waals surface area (Å²) in [7, 11) is 0. The molecule has 0 atom stereocenters. The van der Waals surface area contributed by atoms with Crippen molar-refractivity contribution in [1.29, 1.82) is 0 Å². The van der Waals surface area contributed by atoms with Gasteiger partial charge in [0.1, 0.15) is 0 Å².